The molecule has 5 aromatic rings. The van der Waals surface area contributed by atoms with E-state index in [2.05, 4.69) is 30.4 Å². The molecular formula is C20H15N7O2. The molecule has 0 saturated carbocycles. The van der Waals surface area contributed by atoms with Crippen LogP contribution in [0.25, 0.3) is 27.8 Å². The fourth-order valence-corrected chi connectivity index (χ4v) is 3.18. The molecule has 0 spiro atoms. The van der Waals surface area contributed by atoms with Gasteiger partial charge in [-0.3, -0.25) is 4.98 Å². The summed E-state index contributed by atoms with van der Waals surface area (Å²) in [6.07, 6.45) is 8.83. The van der Waals surface area contributed by atoms with Crippen LogP contribution in [0.3, 0.4) is 0 Å². The van der Waals surface area contributed by atoms with Crippen molar-refractivity contribution in [2.75, 3.05) is 5.32 Å². The van der Waals surface area contributed by atoms with Gasteiger partial charge in [0.1, 0.15) is 11.5 Å². The van der Waals surface area contributed by atoms with E-state index in [1.54, 1.807) is 24.8 Å². The maximum Gasteiger partial charge on any atom is 0.356 e. The first-order chi connectivity index (χ1) is 14.2. The molecular weight excluding hydrogens is 370 g/mol. The number of aromatic carboxylic acids is 1. The Bertz CT molecular complexity index is 1340. The van der Waals surface area contributed by atoms with Crippen LogP contribution in [0.2, 0.25) is 0 Å². The van der Waals surface area contributed by atoms with Gasteiger partial charge in [-0.25, -0.2) is 19.3 Å². The Balaban J connectivity index is 1.55. The quantitative estimate of drug-likeness (QED) is 0.425. The average molecular weight is 385 g/mol. The predicted octanol–water partition coefficient (Wildman–Crippen LogP) is 2.98. The smallest absolute Gasteiger partial charge is 0.356 e. The van der Waals surface area contributed by atoms with Gasteiger partial charge in [-0.2, -0.15) is 5.10 Å². The molecule has 3 N–H and O–H groups in total. The largest absolute Gasteiger partial charge is 0.476 e. The molecule has 29 heavy (non-hydrogen) atoms. The summed E-state index contributed by atoms with van der Waals surface area (Å²) in [7, 11) is 0. The fraction of sp³-hybridized carbons (Fsp3) is 0.0500. The summed E-state index contributed by atoms with van der Waals surface area (Å²) in [5.41, 5.74) is 3.92. The summed E-state index contributed by atoms with van der Waals surface area (Å²) in [5.74, 6) is -0.388. The maximum absolute atomic E-state index is 11.2. The van der Waals surface area contributed by atoms with Crippen molar-refractivity contribution in [2.24, 2.45) is 0 Å². The molecule has 0 amide bonds. The number of fused-ring (bicyclic) bond motifs is 2. The van der Waals surface area contributed by atoms with E-state index in [0.717, 1.165) is 27.7 Å². The van der Waals surface area contributed by atoms with Gasteiger partial charge in [0, 0.05) is 54.5 Å². The number of pyridine rings is 2. The van der Waals surface area contributed by atoms with Crippen LogP contribution in [0.5, 0.6) is 0 Å². The maximum atomic E-state index is 11.2. The molecule has 0 fully saturated rings. The van der Waals surface area contributed by atoms with E-state index in [9.17, 15) is 4.79 Å². The fourth-order valence-electron chi connectivity index (χ4n) is 3.18. The lowest BCUT2D eigenvalue weighted by atomic mass is 10.1. The molecule has 142 valence electrons. The topological polar surface area (TPSA) is 121 Å². The SMILES string of the molecule is O=C(O)c1cc2ncc(-c3cc(NCc4cccnc4)nc4[nH]ccc34)cn2n1. The summed E-state index contributed by atoms with van der Waals surface area (Å²) >= 11 is 0. The highest BCUT2D eigenvalue weighted by Crippen LogP contribution is 2.29. The third kappa shape index (κ3) is 3.14. The number of hydrogen-bond donors (Lipinski definition) is 3. The van der Waals surface area contributed by atoms with Crippen LogP contribution in [-0.4, -0.2) is 40.6 Å². The van der Waals surface area contributed by atoms with Gasteiger partial charge in [0.15, 0.2) is 11.3 Å². The molecule has 9 heteroatoms. The molecule has 0 aliphatic heterocycles. The van der Waals surface area contributed by atoms with Gasteiger partial charge in [0.25, 0.3) is 0 Å². The van der Waals surface area contributed by atoms with Gasteiger partial charge in [0.05, 0.1) is 0 Å². The first-order valence-corrected chi connectivity index (χ1v) is 8.87. The highest BCUT2D eigenvalue weighted by atomic mass is 16.4. The van der Waals surface area contributed by atoms with Crippen LogP contribution in [-0.2, 0) is 6.54 Å². The van der Waals surface area contributed by atoms with Gasteiger partial charge in [-0.15, -0.1) is 0 Å². The number of nitrogens with zero attached hydrogens (tertiary/aromatic N) is 5. The lowest BCUT2D eigenvalue weighted by Gasteiger charge is -2.10. The number of carboxylic acid groups (broad SMARTS) is 1. The Labute approximate surface area is 164 Å². The summed E-state index contributed by atoms with van der Waals surface area (Å²) in [4.78, 5) is 27.4. The second kappa shape index (κ2) is 6.71. The Hall–Kier alpha value is -4.27. The van der Waals surface area contributed by atoms with Gasteiger partial charge in [-0.1, -0.05) is 6.07 Å². The van der Waals surface area contributed by atoms with Crippen LogP contribution < -0.4 is 5.32 Å². The van der Waals surface area contributed by atoms with E-state index < -0.39 is 5.97 Å². The highest BCUT2D eigenvalue weighted by molar-refractivity contribution is 5.94. The zero-order chi connectivity index (χ0) is 19.8. The van der Waals surface area contributed by atoms with E-state index in [1.165, 1.54) is 10.6 Å². The van der Waals surface area contributed by atoms with E-state index in [4.69, 9.17) is 5.11 Å². The Morgan fingerprint density at radius 2 is 2.17 bits per heavy atom. The number of hydrogen-bond acceptors (Lipinski definition) is 6. The Morgan fingerprint density at radius 3 is 3.00 bits per heavy atom. The van der Waals surface area contributed by atoms with Crippen molar-refractivity contribution in [2.45, 2.75) is 6.54 Å². The van der Waals surface area contributed by atoms with E-state index in [0.29, 0.717) is 18.0 Å². The van der Waals surface area contributed by atoms with E-state index in [1.807, 2.05) is 30.5 Å². The molecule has 0 unspecified atom stereocenters. The minimum Gasteiger partial charge on any atom is -0.476 e. The predicted molar refractivity (Wildman–Crippen MR) is 107 cm³/mol. The van der Waals surface area contributed by atoms with Crippen LogP contribution >= 0.6 is 0 Å². The van der Waals surface area contributed by atoms with E-state index >= 15 is 0 Å². The van der Waals surface area contributed by atoms with Crippen LogP contribution in [0.15, 0.2) is 61.3 Å². The minimum absolute atomic E-state index is 0.0463. The van der Waals surface area contributed by atoms with Crippen molar-refractivity contribution in [3.05, 3.63) is 72.6 Å². The second-order valence-corrected chi connectivity index (χ2v) is 6.49. The summed E-state index contributed by atoms with van der Waals surface area (Å²) < 4.78 is 1.47. The van der Waals surface area contributed by atoms with Crippen LogP contribution in [0.4, 0.5) is 5.82 Å². The monoisotopic (exact) mass is 385 g/mol. The molecule has 0 aliphatic carbocycles. The lowest BCUT2D eigenvalue weighted by molar-refractivity contribution is 0.0690. The molecule has 0 bridgehead atoms. The Morgan fingerprint density at radius 1 is 1.24 bits per heavy atom. The van der Waals surface area contributed by atoms with E-state index in [-0.39, 0.29) is 5.69 Å². The molecule has 0 aromatic carbocycles. The van der Waals surface area contributed by atoms with Gasteiger partial charge in [-0.05, 0) is 29.3 Å². The molecule has 0 aliphatic rings. The third-order valence-corrected chi connectivity index (χ3v) is 4.57. The number of nitrogens with one attached hydrogen (secondary N) is 2. The number of aromatic amines is 1. The molecule has 0 saturated heterocycles. The van der Waals surface area contributed by atoms with Crippen molar-refractivity contribution in [3.63, 3.8) is 0 Å². The normalized spacial score (nSPS) is 11.2. The van der Waals surface area contributed by atoms with Gasteiger partial charge >= 0.3 is 5.97 Å². The number of carboxylic acids is 1. The highest BCUT2D eigenvalue weighted by Gasteiger charge is 2.13. The van der Waals surface area contributed by atoms with Crippen LogP contribution in [0.1, 0.15) is 16.1 Å². The molecule has 5 heterocycles. The average Bonchev–Trinajstić information content (AvgIpc) is 3.38. The minimum atomic E-state index is -1.09. The van der Waals surface area contributed by atoms with Crippen molar-refractivity contribution < 1.29 is 9.90 Å². The number of carbonyl (C=O) groups is 1. The van der Waals surface area contributed by atoms with Crippen LogP contribution in [0, 0.1) is 0 Å². The van der Waals surface area contributed by atoms with Crippen molar-refractivity contribution in [1.29, 1.82) is 0 Å². The molecule has 0 atom stereocenters. The summed E-state index contributed by atoms with van der Waals surface area (Å²) in [6, 6.07) is 9.20. The number of aromatic nitrogens is 6. The third-order valence-electron chi connectivity index (χ3n) is 4.57. The lowest BCUT2D eigenvalue weighted by Crippen LogP contribution is -2.02. The zero-order valence-electron chi connectivity index (χ0n) is 15.1. The molecule has 5 rings (SSSR count). The van der Waals surface area contributed by atoms with Crippen molar-refractivity contribution in [1.82, 2.24) is 29.5 Å². The molecule has 0 radical (unpaired) electrons. The first kappa shape index (κ1) is 16.9. The summed E-state index contributed by atoms with van der Waals surface area (Å²) in [6.45, 7) is 0.588. The number of anilines is 1. The molecule has 9 nitrogen and oxygen atoms in total. The van der Waals surface area contributed by atoms with Crippen molar-refractivity contribution >= 4 is 28.5 Å². The summed E-state index contributed by atoms with van der Waals surface area (Å²) in [5, 5.41) is 17.5. The molecule has 5 aromatic heterocycles. The van der Waals surface area contributed by atoms with Crippen molar-refractivity contribution in [3.8, 4) is 11.1 Å². The number of H-pyrrole nitrogens is 1. The zero-order valence-corrected chi connectivity index (χ0v) is 15.1. The standard InChI is InChI=1S/C20H15N7O2/c28-20(29)16-7-18-24-10-13(11-27(18)26-16)15-6-17(25-19-14(15)3-5-22-19)23-9-12-2-1-4-21-8-12/h1-8,10-11H,9H2,(H,28,29)(H2,22,23,25). The van der Waals surface area contributed by atoms with Gasteiger partial charge < -0.3 is 15.4 Å². The first-order valence-electron chi connectivity index (χ1n) is 8.87. The number of rotatable bonds is 5. The Kier molecular flexibility index (Phi) is 3.91. The second-order valence-electron chi connectivity index (χ2n) is 6.49. The van der Waals surface area contributed by atoms with Gasteiger partial charge in [0.2, 0.25) is 0 Å².